The van der Waals surface area contributed by atoms with E-state index < -0.39 is 48.1 Å². The van der Waals surface area contributed by atoms with Crippen molar-refractivity contribution in [2.75, 3.05) is 116 Å². The van der Waals surface area contributed by atoms with Crippen LogP contribution in [0.5, 0.6) is 0 Å². The number of esters is 1. The number of nitrogens with zero attached hydrogens (tertiary/aromatic N) is 11. The summed E-state index contributed by atoms with van der Waals surface area (Å²) < 4.78 is 43.0. The van der Waals surface area contributed by atoms with Crippen LogP contribution in [0.15, 0.2) is 88.9 Å². The fourth-order valence-electron chi connectivity index (χ4n) is 15.9. The molecule has 1 aromatic carbocycles. The van der Waals surface area contributed by atoms with Crippen LogP contribution >= 0.6 is 0 Å². The number of aliphatic hydroxyl groups is 1. The Bertz CT molecular complexity index is 4240. The fourth-order valence-corrected chi connectivity index (χ4v) is 15.9. The van der Waals surface area contributed by atoms with Gasteiger partial charge in [-0.2, -0.15) is 10.1 Å². The third-order valence-electron chi connectivity index (χ3n) is 22.7. The molecule has 8 N–H and O–H groups in total. The van der Waals surface area contributed by atoms with Gasteiger partial charge >= 0.3 is 12.1 Å². The van der Waals surface area contributed by atoms with Crippen molar-refractivity contribution in [1.82, 2.24) is 65.4 Å². The van der Waals surface area contributed by atoms with Crippen molar-refractivity contribution < 1.29 is 76.3 Å². The van der Waals surface area contributed by atoms with E-state index in [1.165, 1.54) is 11.2 Å². The highest BCUT2D eigenvalue weighted by Gasteiger charge is 2.42. The number of oxazole rings is 1. The number of benzene rings is 1. The molecule has 0 spiro atoms. The number of aliphatic hydroxyl groups excluding tert-OH is 1. The van der Waals surface area contributed by atoms with Crippen LogP contribution in [0, 0.1) is 23.7 Å². The molecular weight excluding hydrogens is 1500 g/mol. The van der Waals surface area contributed by atoms with E-state index in [0.29, 0.717) is 180 Å². The van der Waals surface area contributed by atoms with Gasteiger partial charge in [0.25, 0.3) is 11.9 Å². The molecule has 0 radical (unpaired) electrons. The Morgan fingerprint density at radius 2 is 1.52 bits per heavy atom. The van der Waals surface area contributed by atoms with Crippen LogP contribution in [-0.4, -0.2) is 244 Å². The van der Waals surface area contributed by atoms with Gasteiger partial charge < -0.3 is 80.1 Å². The zero-order chi connectivity index (χ0) is 83.3. The van der Waals surface area contributed by atoms with Crippen LogP contribution in [0.1, 0.15) is 169 Å². The van der Waals surface area contributed by atoms with E-state index in [9.17, 15) is 43.5 Å². The third-order valence-corrected chi connectivity index (χ3v) is 22.7. The average molecular weight is 1620 g/mol. The Hall–Kier alpha value is -9.60. The van der Waals surface area contributed by atoms with E-state index >= 15 is 0 Å². The maximum absolute atomic E-state index is 14.5. The number of nitrogen functional groups attached to an aromatic ring is 2. The third kappa shape index (κ3) is 27.5. The molecule has 3 saturated heterocycles. The number of aryl methyl sites for hydroxylation is 1. The highest BCUT2D eigenvalue weighted by Crippen LogP contribution is 2.36. The molecule has 32 heteroatoms. The lowest BCUT2D eigenvalue weighted by molar-refractivity contribution is -0.167. The number of hydrogen-bond donors (Lipinski definition) is 6. The molecule has 117 heavy (non-hydrogen) atoms. The van der Waals surface area contributed by atoms with Crippen LogP contribution in [0.4, 0.5) is 22.6 Å². The van der Waals surface area contributed by atoms with Gasteiger partial charge in [0.05, 0.1) is 63.2 Å². The van der Waals surface area contributed by atoms with E-state index in [-0.39, 0.29) is 143 Å². The number of carbonyl (C=O) groups is 8. The van der Waals surface area contributed by atoms with Gasteiger partial charge in [-0.15, -0.1) is 0 Å². The molecule has 5 aromatic rings. The minimum atomic E-state index is -0.933. The standard InChI is InChI=1S/C85H122N16O16/c1-55-16-9-8-10-17-57(3)72(111-7)47-65-18-15-20-71(114-65)78(107)81(108)100-34-13-11-19-67(100)82(109)115-63(26-21-56(2)45-59(5)69(103)48-68(102)58(4)44-55)27-22-60-23-28-64(29-24-60)116-85(110)92-51-61-49-90-84(91-50-61)99-38-36-98(37-39-99)75(106)53-97(6)52-74(105)89-33-41-113-43-42-112-40-31-73(104)88-32-12-14-35-101-80-76(79(86)93-54-94-80)77(96-101)62-25-30-70-66(46-62)95-83(87)117-70/h8-10,16-17,25,30,45-46,49-50,54-56,58,60,63-65,67,69,71-72,103H,11-15,18-24,26-29,31-44,47-48,51-53H2,1-7H3,(H2,87,95)(H,88,104)(H,89,105)(H,92,110)(H2,86,93,94)/b10-8+,16-9+,57-17+,59-45+/t55-,56+,58-,60-,63+,64-,65?,67+,69+,71?,72+/m1/s1. The minimum absolute atomic E-state index is 0.00297. The Labute approximate surface area is 685 Å². The smallest absolute Gasteiger partial charge is 0.407 e. The quantitative estimate of drug-likeness (QED) is 0.0124. The van der Waals surface area contributed by atoms with E-state index in [1.807, 2.05) is 75.1 Å². The van der Waals surface area contributed by atoms with Crippen molar-refractivity contribution in [2.24, 2.45) is 23.7 Å². The van der Waals surface area contributed by atoms with E-state index in [2.05, 4.69) is 53.9 Å². The average Bonchev–Trinajstić information content (AvgIpc) is 1.61. The fraction of sp³-hybridized carbons (Fsp3) is 0.624. The normalized spacial score (nSPS) is 25.5. The van der Waals surface area contributed by atoms with Gasteiger partial charge in [0.2, 0.25) is 29.5 Å². The molecular formula is C85H122N16O16. The number of carbonyl (C=O) groups excluding carboxylic acids is 8. The number of nitrogens with two attached hydrogens (primary N) is 2. The van der Waals surface area contributed by atoms with Crippen molar-refractivity contribution in [3.63, 3.8) is 0 Å². The van der Waals surface area contributed by atoms with Crippen LogP contribution < -0.4 is 32.3 Å². The molecule has 1 saturated carbocycles. The van der Waals surface area contributed by atoms with Gasteiger partial charge in [-0.3, -0.25) is 33.7 Å². The number of allylic oxidation sites excluding steroid dienone is 6. The molecule has 32 nitrogen and oxygen atoms in total. The number of ether oxygens (including phenoxy) is 6. The largest absolute Gasteiger partial charge is 0.461 e. The predicted molar refractivity (Wildman–Crippen MR) is 440 cm³/mol. The second kappa shape index (κ2) is 45.4. The van der Waals surface area contributed by atoms with Gasteiger partial charge in [-0.05, 0) is 177 Å². The first-order valence-corrected chi connectivity index (χ1v) is 41.9. The highest BCUT2D eigenvalue weighted by molar-refractivity contribution is 6.38. The molecule has 5 amide bonds. The lowest BCUT2D eigenvalue weighted by Crippen LogP contribution is -2.54. The molecule has 2 bridgehead atoms. The zero-order valence-electron chi connectivity index (χ0n) is 69.2. The van der Waals surface area contributed by atoms with E-state index in [4.69, 9.17) is 49.4 Å². The van der Waals surface area contributed by atoms with Gasteiger partial charge in [0.15, 0.2) is 11.2 Å². The summed E-state index contributed by atoms with van der Waals surface area (Å²) in [4.78, 5) is 137. The first-order valence-electron chi connectivity index (χ1n) is 41.9. The topological polar surface area (TPSA) is 409 Å². The van der Waals surface area contributed by atoms with Crippen molar-refractivity contribution in [1.29, 1.82) is 0 Å². The zero-order valence-corrected chi connectivity index (χ0v) is 69.2. The monoisotopic (exact) mass is 1620 g/mol. The maximum Gasteiger partial charge on any atom is 0.407 e. The first kappa shape index (κ1) is 89.7. The minimum Gasteiger partial charge on any atom is -0.461 e. The number of piperazine rings is 1. The summed E-state index contributed by atoms with van der Waals surface area (Å²) in [5.74, 6) is -1.40. The maximum atomic E-state index is 14.5. The highest BCUT2D eigenvalue weighted by atomic mass is 16.6. The summed E-state index contributed by atoms with van der Waals surface area (Å²) in [7, 11) is 3.37. The number of unbranched alkanes of at least 4 members (excludes halogenated alkanes) is 1. The number of ketones is 2. The van der Waals surface area contributed by atoms with Crippen LogP contribution in [0.2, 0.25) is 0 Å². The number of nitrogens with one attached hydrogen (secondary N) is 3. The number of cyclic esters (lactones) is 1. The Morgan fingerprint density at radius 3 is 2.30 bits per heavy atom. The lowest BCUT2D eigenvalue weighted by atomic mass is 9.83. The molecule has 2 unspecified atom stereocenters. The Kier molecular flexibility index (Phi) is 34.8. The van der Waals surface area contributed by atoms with E-state index in [0.717, 1.165) is 36.8 Å². The number of fused-ring (bicyclic) bond motifs is 5. The molecule has 9 atom stereocenters. The SMILES string of the molecule is CO[C@H]1CC2CCCC(O2)C(=O)C(=O)N2CCCC[C@H]2C(=O)O[C@H](CC[C@H]2CC[C@H](OC(=O)NCc3cnc(N4CCN(C(=O)CN(C)CC(=O)NCCOCCOCCC(=O)NCCCCn5nc(-c6ccc7oc(N)nc7c6)c6c(N)ncnc65)CC4)nc3)CC2)CC[C@H](C)/C=C(\C)[C@@H](O)CC(=O)[C@H](C)C[C@H](C)/C=C/C=C/C=C/1C. The van der Waals surface area contributed by atoms with Crippen molar-refractivity contribution in [2.45, 2.75) is 219 Å². The molecule has 4 aromatic heterocycles. The van der Waals surface area contributed by atoms with Crippen molar-refractivity contribution >= 4 is 87.2 Å². The molecule has 4 aliphatic heterocycles. The number of hydrogen-bond acceptors (Lipinski definition) is 26. The number of Topliss-reactive ketones (excluding diaryl/α,β-unsaturated/α-hetero) is 2. The second-order valence-electron chi connectivity index (χ2n) is 32.1. The number of piperidine rings is 1. The molecule has 638 valence electrons. The molecule has 5 aliphatic rings. The number of rotatable bonds is 27. The van der Waals surface area contributed by atoms with Crippen LogP contribution in [0.25, 0.3) is 33.4 Å². The molecule has 1 aliphatic carbocycles. The molecule has 8 heterocycles. The van der Waals surface area contributed by atoms with Gasteiger partial charge in [-0.25, -0.2) is 34.2 Å². The van der Waals surface area contributed by atoms with Crippen molar-refractivity contribution in [3.8, 4) is 11.3 Å². The van der Waals surface area contributed by atoms with Gasteiger partial charge in [0.1, 0.15) is 53.5 Å². The first-order chi connectivity index (χ1) is 56.4. The summed E-state index contributed by atoms with van der Waals surface area (Å²) in [6, 6.07) is 4.62. The van der Waals surface area contributed by atoms with Gasteiger partial charge in [0, 0.05) is 115 Å². The molecule has 4 fully saturated rings. The number of methoxy groups -OCH3 is 1. The number of aromatic nitrogens is 7. The van der Waals surface area contributed by atoms with Gasteiger partial charge in [-0.1, -0.05) is 57.2 Å². The Balaban J connectivity index is 0.581. The van der Waals surface area contributed by atoms with Crippen molar-refractivity contribution in [3.05, 3.63) is 90.1 Å². The van der Waals surface area contributed by atoms with Crippen LogP contribution in [-0.2, 0) is 75.1 Å². The number of amides is 5. The lowest BCUT2D eigenvalue weighted by Gasteiger charge is -2.36. The summed E-state index contributed by atoms with van der Waals surface area (Å²) in [6.45, 7) is 14.6. The summed E-state index contributed by atoms with van der Waals surface area (Å²) in [6.07, 6.45) is 24.6. The summed E-state index contributed by atoms with van der Waals surface area (Å²) in [5.41, 5.74) is 17.5. The second-order valence-corrected chi connectivity index (χ2v) is 32.1. The predicted octanol–water partition coefficient (Wildman–Crippen LogP) is 8.49. The summed E-state index contributed by atoms with van der Waals surface area (Å²) >= 11 is 0. The summed E-state index contributed by atoms with van der Waals surface area (Å²) in [5, 5.41) is 25.3. The van der Waals surface area contributed by atoms with E-state index in [1.54, 1.807) is 47.1 Å². The molecule has 10 rings (SSSR count). The Morgan fingerprint density at radius 1 is 0.752 bits per heavy atom. The number of likely N-dealkylation sites (N-methyl/N-ethyl adjacent to an activating group) is 1. The number of anilines is 3. The number of alkyl carbamates (subject to hydrolysis) is 1. The van der Waals surface area contributed by atoms with Crippen LogP contribution in [0.3, 0.4) is 0 Å².